The first-order valence-electron chi connectivity index (χ1n) is 12.4. The average Bonchev–Trinajstić information content (AvgIpc) is 3.58. The molecule has 1 aliphatic carbocycles. The number of aromatic nitrogens is 4. The molecule has 0 bridgehead atoms. The van der Waals surface area contributed by atoms with Crippen molar-refractivity contribution in [3.63, 3.8) is 0 Å². The van der Waals surface area contributed by atoms with E-state index in [1.54, 1.807) is 18.2 Å². The molecule has 0 spiro atoms. The summed E-state index contributed by atoms with van der Waals surface area (Å²) >= 11 is 6.72. The number of anilines is 2. The van der Waals surface area contributed by atoms with E-state index < -0.39 is 56.3 Å². The largest absolute Gasteiger partial charge is 0.480 e. The number of nitrogen functional groups attached to an aromatic ring is 1. The first kappa shape index (κ1) is 28.5. The average molecular weight is 598 g/mol. The Morgan fingerprint density at radius 1 is 1.35 bits per heavy atom. The number of carbonyl (C=O) groups is 1. The van der Waals surface area contributed by atoms with Crippen LogP contribution in [0.4, 0.5) is 11.8 Å². The van der Waals surface area contributed by atoms with Crippen molar-refractivity contribution in [3.05, 3.63) is 36.7 Å². The number of hydrogen-bond acceptors (Lipinski definition) is 12. The highest BCUT2D eigenvalue weighted by Gasteiger charge is 2.57. The number of halogens is 1. The SMILES string of the molecule is C[C@H](N[P@@](=O)(OC[C@H]1O[C@@H](n2cnc3c(NC4CC4)nc(N)nc32)[C@@](Cl)(CO)[C@@H]1O)Oc1ccccc1)C(=O)O. The number of nitrogens with two attached hydrogens (primary N) is 1. The first-order chi connectivity index (χ1) is 19.0. The van der Waals surface area contributed by atoms with E-state index in [-0.39, 0.29) is 23.4 Å². The molecule has 2 fully saturated rings. The Balaban J connectivity index is 1.40. The predicted octanol–water partition coefficient (Wildman–Crippen LogP) is 1.48. The van der Waals surface area contributed by atoms with Gasteiger partial charge in [-0.25, -0.2) is 9.55 Å². The van der Waals surface area contributed by atoms with E-state index in [2.05, 4.69) is 25.4 Å². The standard InChI is InChI=1S/C23H29ClN7O8P/c1-12(20(34)35)30-40(36,39-14-5-3-2-4-6-14)37-9-15-17(33)23(24,10-32)21(38-15)31-11-26-16-18(27-13-7-8-13)28-22(25)29-19(16)31/h2-6,11-13,15,17,21,32-33H,7-10H2,1H3,(H,30,36)(H,34,35)(H3,25,27,28,29)/t12-,15+,17+,21+,23+,40+/m0/s1. The highest BCUT2D eigenvalue weighted by molar-refractivity contribution is 7.52. The van der Waals surface area contributed by atoms with E-state index in [9.17, 15) is 24.7 Å². The van der Waals surface area contributed by atoms with Crippen LogP contribution in [0.3, 0.4) is 0 Å². The van der Waals surface area contributed by atoms with Gasteiger partial charge in [-0.1, -0.05) is 18.2 Å². The van der Waals surface area contributed by atoms with Crippen LogP contribution in [-0.2, 0) is 18.6 Å². The monoisotopic (exact) mass is 597 g/mol. The number of carboxylic acids is 1. The van der Waals surface area contributed by atoms with Crippen LogP contribution in [0, 0.1) is 0 Å². The van der Waals surface area contributed by atoms with Crippen molar-refractivity contribution in [1.29, 1.82) is 0 Å². The highest BCUT2D eigenvalue weighted by Crippen LogP contribution is 2.49. The Bertz CT molecular complexity index is 1430. The van der Waals surface area contributed by atoms with Gasteiger partial charge in [0.15, 0.2) is 23.2 Å². The lowest BCUT2D eigenvalue weighted by Crippen LogP contribution is -2.45. The van der Waals surface area contributed by atoms with E-state index in [1.807, 2.05) is 0 Å². The summed E-state index contributed by atoms with van der Waals surface area (Å²) in [5.74, 6) is -0.732. The number of alkyl halides is 1. The van der Waals surface area contributed by atoms with Crippen LogP contribution in [0.15, 0.2) is 36.7 Å². The molecular formula is C23H29ClN7O8P. The zero-order valence-electron chi connectivity index (χ0n) is 21.3. The third-order valence-electron chi connectivity index (χ3n) is 6.51. The van der Waals surface area contributed by atoms with Crippen LogP contribution in [0.2, 0.25) is 0 Å². The van der Waals surface area contributed by atoms with Gasteiger partial charge in [0.05, 0.1) is 19.5 Å². The summed E-state index contributed by atoms with van der Waals surface area (Å²) in [7, 11) is -4.31. The van der Waals surface area contributed by atoms with Crippen molar-refractivity contribution >= 4 is 48.2 Å². The van der Waals surface area contributed by atoms with E-state index in [1.165, 1.54) is 30.0 Å². The molecule has 0 unspecified atom stereocenters. The number of fused-ring (bicyclic) bond motifs is 1. The Hall–Kier alpha value is -3.04. The van der Waals surface area contributed by atoms with Gasteiger partial charge in [-0.05, 0) is 31.9 Å². The molecule has 15 nitrogen and oxygen atoms in total. The third-order valence-corrected chi connectivity index (χ3v) is 8.68. The second-order valence-electron chi connectivity index (χ2n) is 9.62. The summed E-state index contributed by atoms with van der Waals surface area (Å²) < 4.78 is 32.0. The molecule has 0 radical (unpaired) electrons. The molecule has 1 saturated carbocycles. The number of para-hydroxylation sites is 1. The summed E-state index contributed by atoms with van der Waals surface area (Å²) in [5, 5.41) is 36.2. The van der Waals surface area contributed by atoms with Crippen LogP contribution in [0.25, 0.3) is 11.2 Å². The van der Waals surface area contributed by atoms with Crippen LogP contribution in [0.1, 0.15) is 26.0 Å². The molecule has 40 heavy (non-hydrogen) atoms. The lowest BCUT2D eigenvalue weighted by molar-refractivity contribution is -0.138. The zero-order chi connectivity index (χ0) is 28.7. The number of imidazole rings is 1. The van der Waals surface area contributed by atoms with Crippen LogP contribution in [-0.4, -0.2) is 83.2 Å². The molecule has 6 atom stereocenters. The summed E-state index contributed by atoms with van der Waals surface area (Å²) in [6.45, 7) is -0.00610. The van der Waals surface area contributed by atoms with Crippen molar-refractivity contribution in [2.24, 2.45) is 0 Å². The minimum Gasteiger partial charge on any atom is -0.480 e. The van der Waals surface area contributed by atoms with Crippen molar-refractivity contribution < 1.29 is 38.5 Å². The number of aliphatic hydroxyl groups excluding tert-OH is 2. The van der Waals surface area contributed by atoms with E-state index in [0.29, 0.717) is 11.3 Å². The lowest BCUT2D eigenvalue weighted by Gasteiger charge is -2.28. The highest BCUT2D eigenvalue weighted by atomic mass is 35.5. The topological polar surface area (TPSA) is 216 Å². The van der Waals surface area contributed by atoms with Gasteiger partial charge in [-0.3, -0.25) is 13.9 Å². The number of nitrogens with one attached hydrogen (secondary N) is 2. The summed E-state index contributed by atoms with van der Waals surface area (Å²) in [4.78, 5) is 22.5. The molecule has 3 heterocycles. The molecule has 3 aromatic rings. The van der Waals surface area contributed by atoms with E-state index >= 15 is 0 Å². The molecule has 2 aromatic heterocycles. The Labute approximate surface area is 233 Å². The van der Waals surface area contributed by atoms with Crippen molar-refractivity contribution in [1.82, 2.24) is 24.6 Å². The van der Waals surface area contributed by atoms with Gasteiger partial charge in [0, 0.05) is 6.04 Å². The van der Waals surface area contributed by atoms with E-state index in [4.69, 9.17) is 31.1 Å². The molecule has 1 aliphatic heterocycles. The summed E-state index contributed by atoms with van der Waals surface area (Å²) in [5.41, 5.74) is 6.58. The number of nitrogens with zero attached hydrogens (tertiary/aromatic N) is 4. The van der Waals surface area contributed by atoms with Gasteiger partial charge in [0.25, 0.3) is 0 Å². The third kappa shape index (κ3) is 5.72. The molecule has 17 heteroatoms. The maximum absolute atomic E-state index is 13.6. The van der Waals surface area contributed by atoms with Gasteiger partial charge in [0.1, 0.15) is 28.9 Å². The van der Waals surface area contributed by atoms with Gasteiger partial charge in [-0.2, -0.15) is 15.1 Å². The first-order valence-corrected chi connectivity index (χ1v) is 14.3. The van der Waals surface area contributed by atoms with Crippen LogP contribution >= 0.6 is 19.3 Å². The smallest absolute Gasteiger partial charge is 0.459 e. The fourth-order valence-electron chi connectivity index (χ4n) is 4.21. The van der Waals surface area contributed by atoms with Gasteiger partial charge in [0.2, 0.25) is 5.95 Å². The maximum atomic E-state index is 13.6. The Kier molecular flexibility index (Phi) is 7.90. The lowest BCUT2D eigenvalue weighted by atomic mass is 9.99. The van der Waals surface area contributed by atoms with Crippen molar-refractivity contribution in [2.45, 2.75) is 55.2 Å². The quantitative estimate of drug-likeness (QED) is 0.129. The fraction of sp³-hybridized carbons (Fsp3) is 0.478. The minimum atomic E-state index is -4.31. The zero-order valence-corrected chi connectivity index (χ0v) is 22.9. The molecule has 2 aliphatic rings. The number of carboxylic acid groups (broad SMARTS) is 1. The van der Waals surface area contributed by atoms with Gasteiger partial charge < -0.3 is 35.6 Å². The fourth-order valence-corrected chi connectivity index (χ4v) is 6.01. The minimum absolute atomic E-state index is 0.0300. The Morgan fingerprint density at radius 2 is 2.08 bits per heavy atom. The molecule has 5 rings (SSSR count). The van der Waals surface area contributed by atoms with E-state index in [0.717, 1.165) is 12.8 Å². The normalized spacial score (nSPS) is 26.9. The Morgan fingerprint density at radius 3 is 2.73 bits per heavy atom. The number of ether oxygens (including phenoxy) is 1. The van der Waals surface area contributed by atoms with Crippen LogP contribution < -0.4 is 20.7 Å². The molecule has 0 amide bonds. The molecule has 216 valence electrons. The number of benzene rings is 1. The maximum Gasteiger partial charge on any atom is 0.459 e. The molecule has 1 saturated heterocycles. The number of hydrogen-bond donors (Lipinski definition) is 6. The molecular weight excluding hydrogens is 569 g/mol. The molecule has 7 N–H and O–H groups in total. The number of aliphatic hydroxyl groups is 2. The second-order valence-corrected chi connectivity index (χ2v) is 12.0. The number of aliphatic carboxylic acids is 1. The van der Waals surface area contributed by atoms with Crippen molar-refractivity contribution in [2.75, 3.05) is 24.3 Å². The molecule has 1 aromatic carbocycles. The summed E-state index contributed by atoms with van der Waals surface area (Å²) in [6.07, 6.45) is -0.630. The van der Waals surface area contributed by atoms with Crippen molar-refractivity contribution in [3.8, 4) is 5.75 Å². The predicted molar refractivity (Wildman–Crippen MR) is 143 cm³/mol. The van der Waals surface area contributed by atoms with Gasteiger partial charge >= 0.3 is 13.7 Å². The second kappa shape index (κ2) is 11.1. The van der Waals surface area contributed by atoms with Gasteiger partial charge in [-0.15, -0.1) is 11.6 Å². The summed E-state index contributed by atoms with van der Waals surface area (Å²) in [6, 6.07) is 6.96. The van der Waals surface area contributed by atoms with Crippen LogP contribution in [0.5, 0.6) is 5.75 Å². The number of rotatable bonds is 12.